The van der Waals surface area contributed by atoms with Gasteiger partial charge in [-0.25, -0.2) is 4.52 Å². The molecular formula is C16H22N4. The van der Waals surface area contributed by atoms with Gasteiger partial charge in [0.15, 0.2) is 5.65 Å². The van der Waals surface area contributed by atoms with Crippen molar-refractivity contribution in [1.29, 1.82) is 0 Å². The number of rotatable bonds is 3. The number of hydrogen-bond donors (Lipinski definition) is 1. The summed E-state index contributed by atoms with van der Waals surface area (Å²) in [7, 11) is 0. The molecule has 2 aromatic heterocycles. The Kier molecular flexibility index (Phi) is 2.72. The highest BCUT2D eigenvalue weighted by atomic mass is 15.3. The molecule has 0 saturated heterocycles. The van der Waals surface area contributed by atoms with Gasteiger partial charge in [0.2, 0.25) is 5.95 Å². The lowest BCUT2D eigenvalue weighted by Gasteiger charge is -2.28. The first kappa shape index (κ1) is 12.2. The molecule has 2 saturated carbocycles. The van der Waals surface area contributed by atoms with Crippen LogP contribution in [0.5, 0.6) is 0 Å². The SMILES string of the molecule is Cc1ccn2nc(NC(C)C3CC4CCC3C4)nc2c1. The minimum atomic E-state index is 0.476. The quantitative estimate of drug-likeness (QED) is 0.930. The number of aryl methyl sites for hydroxylation is 1. The molecule has 4 nitrogen and oxygen atoms in total. The molecule has 4 heteroatoms. The highest BCUT2D eigenvalue weighted by Gasteiger charge is 2.41. The average Bonchev–Trinajstić information content (AvgIpc) is 3.11. The summed E-state index contributed by atoms with van der Waals surface area (Å²) in [4.78, 5) is 4.59. The van der Waals surface area contributed by atoms with Crippen molar-refractivity contribution < 1.29 is 0 Å². The zero-order valence-electron chi connectivity index (χ0n) is 12.2. The van der Waals surface area contributed by atoms with Crippen molar-refractivity contribution in [2.45, 2.75) is 45.6 Å². The number of aromatic nitrogens is 3. The van der Waals surface area contributed by atoms with Crippen LogP contribution >= 0.6 is 0 Å². The predicted molar refractivity (Wildman–Crippen MR) is 79.7 cm³/mol. The fourth-order valence-corrected chi connectivity index (χ4v) is 4.26. The molecule has 4 unspecified atom stereocenters. The van der Waals surface area contributed by atoms with Crippen LogP contribution in [0.15, 0.2) is 18.3 Å². The van der Waals surface area contributed by atoms with Gasteiger partial charge in [-0.05, 0) is 68.6 Å². The standard InChI is InChI=1S/C16H22N4/c1-10-5-6-20-15(7-10)18-16(19-20)17-11(2)14-9-12-3-4-13(14)8-12/h5-7,11-14H,3-4,8-9H2,1-2H3,(H,17,19). The number of fused-ring (bicyclic) bond motifs is 3. The third-order valence-electron chi connectivity index (χ3n) is 5.28. The van der Waals surface area contributed by atoms with Gasteiger partial charge in [0.25, 0.3) is 0 Å². The number of nitrogens with zero attached hydrogens (tertiary/aromatic N) is 3. The lowest BCUT2D eigenvalue weighted by Crippen LogP contribution is -2.30. The molecule has 0 aromatic carbocycles. The maximum atomic E-state index is 4.59. The van der Waals surface area contributed by atoms with Gasteiger partial charge in [-0.3, -0.25) is 0 Å². The van der Waals surface area contributed by atoms with Crippen molar-refractivity contribution in [3.8, 4) is 0 Å². The summed E-state index contributed by atoms with van der Waals surface area (Å²) in [6.07, 6.45) is 7.71. The van der Waals surface area contributed by atoms with E-state index in [1.54, 1.807) is 0 Å². The van der Waals surface area contributed by atoms with Crippen LogP contribution in [0.1, 0.15) is 38.2 Å². The number of nitrogens with one attached hydrogen (secondary N) is 1. The van der Waals surface area contributed by atoms with E-state index in [1.807, 2.05) is 10.7 Å². The van der Waals surface area contributed by atoms with Crippen molar-refractivity contribution in [2.75, 3.05) is 5.32 Å². The molecule has 2 aliphatic rings. The van der Waals surface area contributed by atoms with E-state index in [9.17, 15) is 0 Å². The van der Waals surface area contributed by atoms with Gasteiger partial charge in [0.1, 0.15) is 0 Å². The van der Waals surface area contributed by atoms with Gasteiger partial charge in [-0.15, -0.1) is 5.10 Å². The van der Waals surface area contributed by atoms with Gasteiger partial charge in [0, 0.05) is 12.2 Å². The van der Waals surface area contributed by atoms with Crippen LogP contribution < -0.4 is 5.32 Å². The van der Waals surface area contributed by atoms with Crippen molar-refractivity contribution >= 4 is 11.6 Å². The van der Waals surface area contributed by atoms with Gasteiger partial charge in [-0.2, -0.15) is 4.98 Å². The first-order valence-corrected chi connectivity index (χ1v) is 7.78. The minimum Gasteiger partial charge on any atom is -0.350 e. The molecule has 1 N–H and O–H groups in total. The minimum absolute atomic E-state index is 0.476. The lowest BCUT2D eigenvalue weighted by atomic mass is 9.84. The molecule has 0 amide bonds. The molecule has 2 aliphatic carbocycles. The maximum Gasteiger partial charge on any atom is 0.243 e. The third kappa shape index (κ3) is 1.98. The van der Waals surface area contributed by atoms with Crippen LogP contribution in [0, 0.1) is 24.7 Å². The molecule has 2 fully saturated rings. The van der Waals surface area contributed by atoms with E-state index in [-0.39, 0.29) is 0 Å². The van der Waals surface area contributed by atoms with Crippen molar-refractivity contribution in [2.24, 2.45) is 17.8 Å². The molecule has 106 valence electrons. The summed E-state index contributed by atoms with van der Waals surface area (Å²) in [6, 6.07) is 4.61. The van der Waals surface area contributed by atoms with E-state index in [0.29, 0.717) is 6.04 Å². The molecule has 4 rings (SSSR count). The first-order valence-electron chi connectivity index (χ1n) is 7.78. The van der Waals surface area contributed by atoms with E-state index in [4.69, 9.17) is 0 Å². The topological polar surface area (TPSA) is 42.2 Å². The average molecular weight is 270 g/mol. The summed E-state index contributed by atoms with van der Waals surface area (Å²) in [5.74, 6) is 3.50. The Morgan fingerprint density at radius 3 is 3.00 bits per heavy atom. The molecule has 0 spiro atoms. The first-order chi connectivity index (χ1) is 9.69. The summed E-state index contributed by atoms with van der Waals surface area (Å²) < 4.78 is 1.85. The monoisotopic (exact) mass is 270 g/mol. The van der Waals surface area contributed by atoms with Gasteiger partial charge in [0.05, 0.1) is 0 Å². The Morgan fingerprint density at radius 1 is 1.35 bits per heavy atom. The number of hydrogen-bond acceptors (Lipinski definition) is 3. The fraction of sp³-hybridized carbons (Fsp3) is 0.625. The van der Waals surface area contributed by atoms with Crippen LogP contribution in [-0.4, -0.2) is 20.6 Å². The summed E-state index contributed by atoms with van der Waals surface area (Å²) >= 11 is 0. The maximum absolute atomic E-state index is 4.59. The van der Waals surface area contributed by atoms with Crippen LogP contribution in [0.3, 0.4) is 0 Å². The van der Waals surface area contributed by atoms with Crippen molar-refractivity contribution in [3.05, 3.63) is 23.9 Å². The second kappa shape index (κ2) is 4.47. The molecule has 20 heavy (non-hydrogen) atoms. The van der Waals surface area contributed by atoms with E-state index in [2.05, 4.69) is 41.4 Å². The van der Waals surface area contributed by atoms with Crippen LogP contribution in [0.4, 0.5) is 5.95 Å². The van der Waals surface area contributed by atoms with Crippen LogP contribution in [0.25, 0.3) is 5.65 Å². The predicted octanol–water partition coefficient (Wildman–Crippen LogP) is 3.27. The largest absolute Gasteiger partial charge is 0.350 e. The highest BCUT2D eigenvalue weighted by Crippen LogP contribution is 2.49. The van der Waals surface area contributed by atoms with Crippen LogP contribution in [0.2, 0.25) is 0 Å². The normalized spacial score (nSPS) is 30.0. The van der Waals surface area contributed by atoms with Gasteiger partial charge < -0.3 is 5.32 Å². The molecule has 2 aromatic rings. The smallest absolute Gasteiger partial charge is 0.243 e. The Hall–Kier alpha value is -1.58. The molecular weight excluding hydrogens is 248 g/mol. The Labute approximate surface area is 119 Å². The van der Waals surface area contributed by atoms with E-state index < -0.39 is 0 Å². The summed E-state index contributed by atoms with van der Waals surface area (Å²) in [6.45, 7) is 4.38. The van der Waals surface area contributed by atoms with E-state index in [0.717, 1.165) is 29.3 Å². The number of pyridine rings is 1. The second-order valence-electron chi connectivity index (χ2n) is 6.71. The van der Waals surface area contributed by atoms with Gasteiger partial charge >= 0.3 is 0 Å². The zero-order valence-corrected chi connectivity index (χ0v) is 12.2. The summed E-state index contributed by atoms with van der Waals surface area (Å²) in [5, 5.41) is 8.06. The second-order valence-corrected chi connectivity index (χ2v) is 6.71. The molecule has 2 heterocycles. The van der Waals surface area contributed by atoms with E-state index >= 15 is 0 Å². The van der Waals surface area contributed by atoms with Crippen LogP contribution in [-0.2, 0) is 0 Å². The Morgan fingerprint density at radius 2 is 2.25 bits per heavy atom. The lowest BCUT2D eigenvalue weighted by molar-refractivity contribution is 0.303. The molecule has 0 aliphatic heterocycles. The molecule has 2 bridgehead atoms. The zero-order chi connectivity index (χ0) is 13.7. The summed E-state index contributed by atoms with van der Waals surface area (Å²) in [5.41, 5.74) is 2.14. The van der Waals surface area contributed by atoms with Crippen molar-refractivity contribution in [3.63, 3.8) is 0 Å². The van der Waals surface area contributed by atoms with E-state index in [1.165, 1.54) is 31.2 Å². The number of anilines is 1. The Balaban J connectivity index is 1.52. The third-order valence-corrected chi connectivity index (χ3v) is 5.28. The molecule has 0 radical (unpaired) electrons. The van der Waals surface area contributed by atoms with Gasteiger partial charge in [-0.1, -0.05) is 6.42 Å². The highest BCUT2D eigenvalue weighted by molar-refractivity contribution is 5.45. The molecule has 4 atom stereocenters. The Bertz CT molecular complexity index is 632. The fourth-order valence-electron chi connectivity index (χ4n) is 4.26. The van der Waals surface area contributed by atoms with Crippen molar-refractivity contribution in [1.82, 2.24) is 14.6 Å².